The van der Waals surface area contributed by atoms with Crippen LogP contribution in [-0.4, -0.2) is 52.3 Å². The first-order valence-corrected chi connectivity index (χ1v) is 8.25. The molecule has 1 aromatic heterocycles. The van der Waals surface area contributed by atoms with Gasteiger partial charge in [0.25, 0.3) is 0 Å². The molecule has 1 atom stereocenters. The monoisotopic (exact) mass is 309 g/mol. The topological polar surface area (TPSA) is 53.5 Å². The summed E-state index contributed by atoms with van der Waals surface area (Å²) in [6.07, 6.45) is 0.284. The lowest BCUT2D eigenvalue weighted by Gasteiger charge is -2.39. The Labute approximate surface area is 130 Å². The Morgan fingerprint density at radius 1 is 1.48 bits per heavy atom. The van der Waals surface area contributed by atoms with Crippen molar-refractivity contribution in [2.45, 2.75) is 40.2 Å². The lowest BCUT2D eigenvalue weighted by molar-refractivity contribution is -0.150. The standard InChI is InChI=1S/C15H23N3O2S/c1-10(2)8-17-5-6-18(11(3)15(17)20)14(19)7-13-9-21-12(4)16-13/h9-11H,5-8H2,1-4H3/t11-/m1/s1. The van der Waals surface area contributed by atoms with E-state index in [-0.39, 0.29) is 24.3 Å². The summed E-state index contributed by atoms with van der Waals surface area (Å²) in [7, 11) is 0. The van der Waals surface area contributed by atoms with Crippen molar-refractivity contribution in [1.82, 2.24) is 14.8 Å². The third kappa shape index (κ3) is 3.81. The zero-order chi connectivity index (χ0) is 15.6. The van der Waals surface area contributed by atoms with Gasteiger partial charge in [0.1, 0.15) is 6.04 Å². The highest BCUT2D eigenvalue weighted by Crippen LogP contribution is 2.16. The van der Waals surface area contributed by atoms with Gasteiger partial charge in [0.2, 0.25) is 11.8 Å². The summed E-state index contributed by atoms with van der Waals surface area (Å²) in [5.74, 6) is 0.490. The minimum atomic E-state index is -0.371. The predicted octanol–water partition coefficient (Wildman–Crippen LogP) is 1.71. The summed E-state index contributed by atoms with van der Waals surface area (Å²) in [4.78, 5) is 32.6. The minimum absolute atomic E-state index is 0.00894. The molecule has 2 heterocycles. The van der Waals surface area contributed by atoms with Gasteiger partial charge in [0.05, 0.1) is 17.1 Å². The van der Waals surface area contributed by atoms with Crippen LogP contribution in [0.5, 0.6) is 0 Å². The second-order valence-corrected chi connectivity index (χ2v) is 7.04. The van der Waals surface area contributed by atoms with E-state index in [0.717, 1.165) is 17.2 Å². The first kappa shape index (κ1) is 15.9. The van der Waals surface area contributed by atoms with Gasteiger partial charge in [0.15, 0.2) is 0 Å². The van der Waals surface area contributed by atoms with Crippen molar-refractivity contribution in [3.05, 3.63) is 16.1 Å². The maximum atomic E-state index is 12.4. The van der Waals surface area contributed by atoms with E-state index in [1.807, 2.05) is 24.1 Å². The average Bonchev–Trinajstić information content (AvgIpc) is 2.80. The van der Waals surface area contributed by atoms with Gasteiger partial charge in [-0.2, -0.15) is 0 Å². The predicted molar refractivity (Wildman–Crippen MR) is 83.1 cm³/mol. The Hall–Kier alpha value is -1.43. The number of amides is 2. The van der Waals surface area contributed by atoms with Gasteiger partial charge < -0.3 is 9.80 Å². The molecule has 0 aromatic carbocycles. The van der Waals surface area contributed by atoms with Crippen LogP contribution in [0.3, 0.4) is 0 Å². The van der Waals surface area contributed by atoms with E-state index in [2.05, 4.69) is 18.8 Å². The van der Waals surface area contributed by atoms with Crippen molar-refractivity contribution in [3.63, 3.8) is 0 Å². The number of hydrogen-bond donors (Lipinski definition) is 0. The molecule has 0 radical (unpaired) electrons. The summed E-state index contributed by atoms with van der Waals surface area (Å²) < 4.78 is 0. The highest BCUT2D eigenvalue weighted by atomic mass is 32.1. The van der Waals surface area contributed by atoms with E-state index in [1.165, 1.54) is 0 Å². The van der Waals surface area contributed by atoms with Crippen LogP contribution in [0.1, 0.15) is 31.5 Å². The van der Waals surface area contributed by atoms with Crippen LogP contribution in [0, 0.1) is 12.8 Å². The van der Waals surface area contributed by atoms with Gasteiger partial charge in [0, 0.05) is 25.0 Å². The lowest BCUT2D eigenvalue weighted by Crippen LogP contribution is -2.58. The first-order chi connectivity index (χ1) is 9.88. The second-order valence-electron chi connectivity index (χ2n) is 5.98. The number of rotatable bonds is 4. The number of carbonyl (C=O) groups excluding carboxylic acids is 2. The number of aryl methyl sites for hydroxylation is 1. The molecule has 2 amide bonds. The maximum Gasteiger partial charge on any atom is 0.245 e. The molecule has 0 unspecified atom stereocenters. The molecule has 1 aromatic rings. The van der Waals surface area contributed by atoms with Crippen LogP contribution in [-0.2, 0) is 16.0 Å². The van der Waals surface area contributed by atoms with Crippen LogP contribution < -0.4 is 0 Å². The van der Waals surface area contributed by atoms with Gasteiger partial charge in [-0.15, -0.1) is 11.3 Å². The number of carbonyl (C=O) groups is 2. The van der Waals surface area contributed by atoms with Crippen molar-refractivity contribution in [2.75, 3.05) is 19.6 Å². The van der Waals surface area contributed by atoms with Crippen LogP contribution in [0.4, 0.5) is 0 Å². The smallest absolute Gasteiger partial charge is 0.245 e. The van der Waals surface area contributed by atoms with E-state index in [9.17, 15) is 9.59 Å². The fraction of sp³-hybridized carbons (Fsp3) is 0.667. The number of aromatic nitrogens is 1. The Kier molecular flexibility index (Phi) is 4.98. The molecule has 0 N–H and O–H groups in total. The fourth-order valence-electron chi connectivity index (χ4n) is 2.64. The van der Waals surface area contributed by atoms with E-state index in [1.54, 1.807) is 16.2 Å². The Morgan fingerprint density at radius 3 is 2.76 bits per heavy atom. The van der Waals surface area contributed by atoms with Gasteiger partial charge >= 0.3 is 0 Å². The normalized spacial score (nSPS) is 19.5. The third-order valence-electron chi connectivity index (χ3n) is 3.65. The summed E-state index contributed by atoms with van der Waals surface area (Å²) in [6, 6.07) is -0.371. The molecule has 6 heteroatoms. The highest BCUT2D eigenvalue weighted by Gasteiger charge is 2.34. The lowest BCUT2D eigenvalue weighted by atomic mass is 10.1. The zero-order valence-corrected chi connectivity index (χ0v) is 13.9. The molecule has 21 heavy (non-hydrogen) atoms. The van der Waals surface area contributed by atoms with Crippen LogP contribution in [0.15, 0.2) is 5.38 Å². The van der Waals surface area contributed by atoms with Crippen LogP contribution >= 0.6 is 11.3 Å². The van der Waals surface area contributed by atoms with Crippen molar-refractivity contribution < 1.29 is 9.59 Å². The van der Waals surface area contributed by atoms with E-state index in [0.29, 0.717) is 19.0 Å². The molecular weight excluding hydrogens is 286 g/mol. The number of thiazole rings is 1. The molecule has 5 nitrogen and oxygen atoms in total. The molecule has 116 valence electrons. The molecule has 0 saturated carbocycles. The van der Waals surface area contributed by atoms with E-state index >= 15 is 0 Å². The quantitative estimate of drug-likeness (QED) is 0.851. The first-order valence-electron chi connectivity index (χ1n) is 7.37. The summed E-state index contributed by atoms with van der Waals surface area (Å²) >= 11 is 1.54. The van der Waals surface area contributed by atoms with Crippen molar-refractivity contribution in [3.8, 4) is 0 Å². The summed E-state index contributed by atoms with van der Waals surface area (Å²) in [5.41, 5.74) is 0.798. The average molecular weight is 309 g/mol. The van der Waals surface area contributed by atoms with Gasteiger partial charge in [-0.25, -0.2) is 4.98 Å². The maximum absolute atomic E-state index is 12.4. The SMILES string of the molecule is Cc1nc(CC(=O)N2CCN(CC(C)C)C(=O)[C@H]2C)cs1. The number of piperazine rings is 1. The molecule has 2 rings (SSSR count). The summed E-state index contributed by atoms with van der Waals surface area (Å²) in [6.45, 7) is 9.94. The van der Waals surface area contributed by atoms with Crippen molar-refractivity contribution in [1.29, 1.82) is 0 Å². The molecule has 1 fully saturated rings. The largest absolute Gasteiger partial charge is 0.339 e. The summed E-state index contributed by atoms with van der Waals surface area (Å²) in [5, 5.41) is 2.87. The second kappa shape index (κ2) is 6.56. The van der Waals surface area contributed by atoms with Crippen molar-refractivity contribution >= 4 is 23.2 Å². The van der Waals surface area contributed by atoms with E-state index in [4.69, 9.17) is 0 Å². The fourth-order valence-corrected chi connectivity index (χ4v) is 3.25. The molecule has 0 spiro atoms. The number of nitrogens with zero attached hydrogens (tertiary/aromatic N) is 3. The third-order valence-corrected chi connectivity index (χ3v) is 4.47. The molecule has 1 aliphatic rings. The Bertz CT molecular complexity index is 527. The van der Waals surface area contributed by atoms with Gasteiger partial charge in [-0.1, -0.05) is 13.8 Å². The number of hydrogen-bond acceptors (Lipinski definition) is 4. The van der Waals surface area contributed by atoms with Crippen LogP contribution in [0.2, 0.25) is 0 Å². The minimum Gasteiger partial charge on any atom is -0.339 e. The van der Waals surface area contributed by atoms with Crippen molar-refractivity contribution in [2.24, 2.45) is 5.92 Å². The van der Waals surface area contributed by atoms with Crippen LogP contribution in [0.25, 0.3) is 0 Å². The Balaban J connectivity index is 1.98. The highest BCUT2D eigenvalue weighted by molar-refractivity contribution is 7.09. The van der Waals surface area contributed by atoms with Gasteiger partial charge in [-0.05, 0) is 19.8 Å². The molecular formula is C15H23N3O2S. The zero-order valence-electron chi connectivity index (χ0n) is 13.1. The van der Waals surface area contributed by atoms with E-state index < -0.39 is 0 Å². The Morgan fingerprint density at radius 2 is 2.19 bits per heavy atom. The molecule has 0 aliphatic carbocycles. The van der Waals surface area contributed by atoms with Gasteiger partial charge in [-0.3, -0.25) is 9.59 Å². The molecule has 1 saturated heterocycles. The molecule has 0 bridgehead atoms. The molecule has 1 aliphatic heterocycles.